The highest BCUT2D eigenvalue weighted by Crippen LogP contribution is 2.37. The van der Waals surface area contributed by atoms with Gasteiger partial charge in [0.25, 0.3) is 5.91 Å². The minimum Gasteiger partial charge on any atom is -0.362 e. The van der Waals surface area contributed by atoms with Crippen molar-refractivity contribution in [1.29, 1.82) is 5.26 Å². The first kappa shape index (κ1) is 16.6. The second kappa shape index (κ2) is 6.71. The molecule has 1 aliphatic rings. The molecule has 0 saturated carbocycles. The molecule has 122 valence electrons. The maximum absolute atomic E-state index is 12.6. The largest absolute Gasteiger partial charge is 0.362 e. The van der Waals surface area contributed by atoms with Crippen molar-refractivity contribution >= 4 is 21.8 Å². The number of benzene rings is 1. The summed E-state index contributed by atoms with van der Waals surface area (Å²) in [6, 6.07) is 13.4. The summed E-state index contributed by atoms with van der Waals surface area (Å²) in [5.74, 6) is -0.232. The van der Waals surface area contributed by atoms with Crippen LogP contribution < -0.4 is 5.32 Å². The Morgan fingerprint density at radius 3 is 3.04 bits per heavy atom. The molecule has 1 amide bonds. The normalized spacial score (nSPS) is 22.3. The van der Waals surface area contributed by atoms with Crippen molar-refractivity contribution in [3.8, 4) is 6.07 Å². The van der Waals surface area contributed by atoms with Gasteiger partial charge in [0, 0.05) is 10.7 Å². The number of carbonyl (C=O) groups excluding carboxylic acids is 1. The molecule has 3 rings (SSSR count). The third-order valence-corrected chi connectivity index (χ3v) is 4.58. The fraction of sp³-hybridized carbons (Fsp3) is 0.278. The Kier molecular flexibility index (Phi) is 4.65. The van der Waals surface area contributed by atoms with E-state index in [1.807, 2.05) is 43.3 Å². The van der Waals surface area contributed by atoms with Gasteiger partial charge < -0.3 is 10.1 Å². The third-order valence-electron chi connectivity index (χ3n) is 4.08. The molecule has 0 saturated heterocycles. The SMILES string of the molecule is C[C@@]1(C#N)COC(C(=O)NCc2cc(Br)ccn2)c2ccccc21. The zero-order valence-corrected chi connectivity index (χ0v) is 14.7. The van der Waals surface area contributed by atoms with Crippen LogP contribution >= 0.6 is 15.9 Å². The lowest BCUT2D eigenvalue weighted by atomic mass is 9.78. The van der Waals surface area contributed by atoms with Gasteiger partial charge in [0.2, 0.25) is 0 Å². The molecule has 1 aliphatic heterocycles. The van der Waals surface area contributed by atoms with Gasteiger partial charge >= 0.3 is 0 Å². The molecule has 0 aliphatic carbocycles. The Hall–Kier alpha value is -2.23. The molecular formula is C18H16BrN3O2. The molecule has 0 spiro atoms. The van der Waals surface area contributed by atoms with Crippen molar-refractivity contribution in [2.75, 3.05) is 6.61 Å². The first-order valence-corrected chi connectivity index (χ1v) is 8.33. The van der Waals surface area contributed by atoms with Crippen LogP contribution in [0.3, 0.4) is 0 Å². The highest BCUT2D eigenvalue weighted by Gasteiger charge is 2.39. The van der Waals surface area contributed by atoms with Crippen LogP contribution in [0.4, 0.5) is 0 Å². The molecule has 6 heteroatoms. The van der Waals surface area contributed by atoms with Crippen molar-refractivity contribution in [3.05, 3.63) is 63.9 Å². The van der Waals surface area contributed by atoms with E-state index in [-0.39, 0.29) is 12.5 Å². The Labute approximate surface area is 148 Å². The molecule has 1 aromatic heterocycles. The number of nitrogens with one attached hydrogen (secondary N) is 1. The van der Waals surface area contributed by atoms with E-state index < -0.39 is 11.5 Å². The van der Waals surface area contributed by atoms with Crippen LogP contribution in [0.5, 0.6) is 0 Å². The molecule has 5 nitrogen and oxygen atoms in total. The van der Waals surface area contributed by atoms with Gasteiger partial charge in [-0.15, -0.1) is 0 Å². The van der Waals surface area contributed by atoms with E-state index in [1.165, 1.54) is 0 Å². The molecule has 0 fully saturated rings. The van der Waals surface area contributed by atoms with Crippen LogP contribution in [0.15, 0.2) is 47.1 Å². The van der Waals surface area contributed by atoms with Gasteiger partial charge in [-0.3, -0.25) is 9.78 Å². The van der Waals surface area contributed by atoms with Gasteiger partial charge in [0.15, 0.2) is 6.10 Å². The van der Waals surface area contributed by atoms with E-state index in [0.717, 1.165) is 21.3 Å². The zero-order chi connectivity index (χ0) is 17.2. The van der Waals surface area contributed by atoms with E-state index >= 15 is 0 Å². The van der Waals surface area contributed by atoms with E-state index in [9.17, 15) is 10.1 Å². The first-order valence-electron chi connectivity index (χ1n) is 7.54. The minimum absolute atomic E-state index is 0.188. The lowest BCUT2D eigenvalue weighted by Crippen LogP contribution is -2.40. The lowest BCUT2D eigenvalue weighted by molar-refractivity contribution is -0.135. The lowest BCUT2D eigenvalue weighted by Gasteiger charge is -2.34. The molecule has 1 N–H and O–H groups in total. The van der Waals surface area contributed by atoms with E-state index in [0.29, 0.717) is 6.54 Å². The summed E-state index contributed by atoms with van der Waals surface area (Å²) in [6.45, 7) is 2.33. The van der Waals surface area contributed by atoms with Crippen molar-refractivity contribution in [1.82, 2.24) is 10.3 Å². The van der Waals surface area contributed by atoms with Crippen molar-refractivity contribution in [3.63, 3.8) is 0 Å². The van der Waals surface area contributed by atoms with E-state index in [4.69, 9.17) is 4.74 Å². The number of fused-ring (bicyclic) bond motifs is 1. The maximum atomic E-state index is 12.6. The van der Waals surface area contributed by atoms with Gasteiger partial charge in [0.05, 0.1) is 24.9 Å². The second-order valence-corrected chi connectivity index (χ2v) is 6.82. The maximum Gasteiger partial charge on any atom is 0.254 e. The van der Waals surface area contributed by atoms with Crippen LogP contribution in [0.2, 0.25) is 0 Å². The number of pyridine rings is 1. The number of aromatic nitrogens is 1. The fourth-order valence-electron chi connectivity index (χ4n) is 2.77. The minimum atomic E-state index is -0.737. The Morgan fingerprint density at radius 1 is 1.50 bits per heavy atom. The number of hydrogen-bond donors (Lipinski definition) is 1. The number of halogens is 1. The van der Waals surface area contributed by atoms with Crippen LogP contribution in [0.1, 0.15) is 29.8 Å². The molecule has 0 radical (unpaired) electrons. The van der Waals surface area contributed by atoms with Crippen LogP contribution in [0, 0.1) is 11.3 Å². The summed E-state index contributed by atoms with van der Waals surface area (Å²) in [5.41, 5.74) is 1.61. The Morgan fingerprint density at radius 2 is 2.29 bits per heavy atom. The van der Waals surface area contributed by atoms with Gasteiger partial charge in [-0.2, -0.15) is 5.26 Å². The number of carbonyl (C=O) groups is 1. The summed E-state index contributed by atoms with van der Waals surface area (Å²) < 4.78 is 6.63. The highest BCUT2D eigenvalue weighted by atomic mass is 79.9. The smallest absolute Gasteiger partial charge is 0.254 e. The molecule has 2 atom stereocenters. The topological polar surface area (TPSA) is 75.0 Å². The van der Waals surface area contributed by atoms with Crippen molar-refractivity contribution in [2.45, 2.75) is 25.0 Å². The molecule has 0 bridgehead atoms. The molecule has 1 unspecified atom stereocenters. The summed E-state index contributed by atoms with van der Waals surface area (Å²) in [7, 11) is 0. The number of amides is 1. The Balaban J connectivity index is 1.79. The zero-order valence-electron chi connectivity index (χ0n) is 13.1. The van der Waals surface area contributed by atoms with E-state index in [1.54, 1.807) is 6.20 Å². The number of nitriles is 1. The average Bonchev–Trinajstić information content (AvgIpc) is 2.60. The van der Waals surface area contributed by atoms with Crippen molar-refractivity contribution < 1.29 is 9.53 Å². The summed E-state index contributed by atoms with van der Waals surface area (Å²) >= 11 is 3.38. The van der Waals surface area contributed by atoms with Crippen LogP contribution in [-0.2, 0) is 21.5 Å². The van der Waals surface area contributed by atoms with Crippen LogP contribution in [0.25, 0.3) is 0 Å². The summed E-state index contributed by atoms with van der Waals surface area (Å²) in [5, 5.41) is 12.3. The number of ether oxygens (including phenoxy) is 1. The molecule has 2 heterocycles. The third kappa shape index (κ3) is 3.18. The first-order chi connectivity index (χ1) is 11.5. The fourth-order valence-corrected chi connectivity index (χ4v) is 3.15. The molecule has 24 heavy (non-hydrogen) atoms. The number of nitrogens with zero attached hydrogens (tertiary/aromatic N) is 2. The average molecular weight is 386 g/mol. The Bertz CT molecular complexity index is 818. The van der Waals surface area contributed by atoms with Gasteiger partial charge in [0.1, 0.15) is 5.41 Å². The number of rotatable bonds is 3. The molecular weight excluding hydrogens is 370 g/mol. The predicted octanol–water partition coefficient (Wildman–Crippen LogP) is 3.01. The van der Waals surface area contributed by atoms with E-state index in [2.05, 4.69) is 32.3 Å². The van der Waals surface area contributed by atoms with Crippen molar-refractivity contribution in [2.24, 2.45) is 0 Å². The standard InChI is InChI=1S/C18H16BrN3O2/c1-18(10-20)11-24-16(14-4-2-3-5-15(14)18)17(23)22-9-13-8-12(19)6-7-21-13/h2-8,16H,9,11H2,1H3,(H,22,23)/t16?,18-/m1/s1. The summed E-state index contributed by atoms with van der Waals surface area (Å²) in [6.07, 6.45) is 0.964. The van der Waals surface area contributed by atoms with Crippen LogP contribution in [-0.4, -0.2) is 17.5 Å². The molecule has 1 aromatic carbocycles. The van der Waals surface area contributed by atoms with Gasteiger partial charge in [-0.25, -0.2) is 0 Å². The summed E-state index contributed by atoms with van der Waals surface area (Å²) in [4.78, 5) is 16.8. The quantitative estimate of drug-likeness (QED) is 0.880. The molecule has 2 aromatic rings. The predicted molar refractivity (Wildman–Crippen MR) is 91.9 cm³/mol. The monoisotopic (exact) mass is 385 g/mol. The van der Waals surface area contributed by atoms with Gasteiger partial charge in [-0.1, -0.05) is 40.2 Å². The highest BCUT2D eigenvalue weighted by molar-refractivity contribution is 9.10. The second-order valence-electron chi connectivity index (χ2n) is 5.91. The van der Waals surface area contributed by atoms with Gasteiger partial charge in [-0.05, 0) is 30.2 Å². The number of hydrogen-bond acceptors (Lipinski definition) is 4.